The molecule has 0 radical (unpaired) electrons. The lowest BCUT2D eigenvalue weighted by molar-refractivity contribution is -0.137. The molecule has 1 amide bonds. The van der Waals surface area contributed by atoms with Crippen LogP contribution in [0.5, 0.6) is 0 Å². The average molecular weight is 459 g/mol. The number of hydrogen-bond acceptors (Lipinski definition) is 3. The molecule has 1 fully saturated rings. The van der Waals surface area contributed by atoms with Gasteiger partial charge in [0.1, 0.15) is 0 Å². The maximum atomic E-state index is 13.1. The molecule has 0 aliphatic carbocycles. The maximum absolute atomic E-state index is 13.1. The van der Waals surface area contributed by atoms with Crippen molar-refractivity contribution in [1.29, 1.82) is 0 Å². The molecule has 1 aliphatic rings. The highest BCUT2D eigenvalue weighted by Gasteiger charge is 2.36. The van der Waals surface area contributed by atoms with Gasteiger partial charge in [0.2, 0.25) is 0 Å². The largest absolute Gasteiger partial charge is 0.416 e. The topological polar surface area (TPSA) is 25.2 Å². The number of benzene rings is 2. The van der Waals surface area contributed by atoms with Gasteiger partial charge < -0.3 is 4.57 Å². The lowest BCUT2D eigenvalue weighted by Crippen LogP contribution is -2.27. The van der Waals surface area contributed by atoms with E-state index >= 15 is 0 Å². The van der Waals surface area contributed by atoms with Gasteiger partial charge >= 0.3 is 6.18 Å². The van der Waals surface area contributed by atoms with Crippen LogP contribution < -0.4 is 4.90 Å². The van der Waals surface area contributed by atoms with Gasteiger partial charge in [-0.05, 0) is 61.4 Å². The molecule has 0 bridgehead atoms. The third-order valence-electron chi connectivity index (χ3n) is 5.03. The lowest BCUT2D eigenvalue weighted by atomic mass is 10.1. The number of aromatic nitrogens is 1. The molecule has 1 saturated heterocycles. The number of thiocarbonyl (C=S) groups is 1. The number of alkyl halides is 3. The van der Waals surface area contributed by atoms with E-state index in [9.17, 15) is 18.0 Å². The zero-order chi connectivity index (χ0) is 22.3. The summed E-state index contributed by atoms with van der Waals surface area (Å²) in [5, 5.41) is 0. The maximum Gasteiger partial charge on any atom is 0.416 e. The van der Waals surface area contributed by atoms with Gasteiger partial charge in [-0.2, -0.15) is 13.2 Å². The van der Waals surface area contributed by atoms with E-state index in [0.29, 0.717) is 4.91 Å². The first kappa shape index (κ1) is 21.4. The number of halogens is 3. The van der Waals surface area contributed by atoms with Gasteiger partial charge in [0.15, 0.2) is 4.32 Å². The van der Waals surface area contributed by atoms with Crippen LogP contribution in [0, 0.1) is 13.8 Å². The second-order valence-corrected chi connectivity index (χ2v) is 8.76. The Balaban J connectivity index is 1.70. The predicted molar refractivity (Wildman–Crippen MR) is 122 cm³/mol. The van der Waals surface area contributed by atoms with E-state index < -0.39 is 17.6 Å². The minimum Gasteiger partial charge on any atom is -0.320 e. The molecule has 1 aliphatic heterocycles. The van der Waals surface area contributed by atoms with E-state index in [4.69, 9.17) is 12.2 Å². The Hall–Kier alpha value is -2.84. The van der Waals surface area contributed by atoms with Gasteiger partial charge in [-0.3, -0.25) is 9.69 Å². The fraction of sp³-hybridized carbons (Fsp3) is 0.130. The van der Waals surface area contributed by atoms with Gasteiger partial charge in [-0.1, -0.05) is 48.2 Å². The minimum absolute atomic E-state index is 0.107. The van der Waals surface area contributed by atoms with E-state index in [1.807, 2.05) is 54.9 Å². The molecule has 31 heavy (non-hydrogen) atoms. The van der Waals surface area contributed by atoms with E-state index in [1.54, 1.807) is 6.08 Å². The Morgan fingerprint density at radius 3 is 2.35 bits per heavy atom. The molecule has 0 saturated carbocycles. The number of carbonyl (C=O) groups excluding carboxylic acids is 1. The number of aryl methyl sites for hydroxylation is 1. The fourth-order valence-corrected chi connectivity index (χ4v) is 4.77. The Kier molecular flexibility index (Phi) is 5.53. The molecular weight excluding hydrogens is 441 g/mol. The average Bonchev–Trinajstić information content (AvgIpc) is 3.18. The molecule has 0 N–H and O–H groups in total. The van der Waals surface area contributed by atoms with Crippen molar-refractivity contribution in [2.45, 2.75) is 20.0 Å². The summed E-state index contributed by atoms with van der Waals surface area (Å²) < 4.78 is 41.5. The highest BCUT2D eigenvalue weighted by atomic mass is 32.2. The van der Waals surface area contributed by atoms with Crippen molar-refractivity contribution in [3.63, 3.8) is 0 Å². The minimum atomic E-state index is -4.50. The van der Waals surface area contributed by atoms with Crippen molar-refractivity contribution >= 4 is 46.0 Å². The van der Waals surface area contributed by atoms with Crippen molar-refractivity contribution < 1.29 is 18.0 Å². The van der Waals surface area contributed by atoms with Crippen LogP contribution in [0.25, 0.3) is 11.8 Å². The molecule has 0 spiro atoms. The standard InChI is InChI=1S/C23H17F3N2OS2/c1-14-13-27(17-8-4-3-5-9-17)15(2)19(14)12-20-21(29)28(22(30)31-20)18-10-6-7-16(11-18)23(24,25)26/h3-13H,1-2H3/b20-12+. The van der Waals surface area contributed by atoms with Crippen LogP contribution in [0.4, 0.5) is 18.9 Å². The van der Waals surface area contributed by atoms with Crippen LogP contribution in [0.15, 0.2) is 65.7 Å². The van der Waals surface area contributed by atoms with Crippen molar-refractivity contribution in [3.05, 3.63) is 88.1 Å². The van der Waals surface area contributed by atoms with E-state index in [-0.39, 0.29) is 10.0 Å². The smallest absolute Gasteiger partial charge is 0.320 e. The fourth-order valence-electron chi connectivity index (χ4n) is 3.49. The molecule has 4 rings (SSSR count). The number of amides is 1. The zero-order valence-corrected chi connectivity index (χ0v) is 18.2. The summed E-state index contributed by atoms with van der Waals surface area (Å²) in [6, 6.07) is 14.4. The Labute approximate surface area is 187 Å². The summed E-state index contributed by atoms with van der Waals surface area (Å²) >= 11 is 6.40. The number of para-hydroxylation sites is 1. The molecule has 8 heteroatoms. The van der Waals surface area contributed by atoms with Crippen LogP contribution in [0.3, 0.4) is 0 Å². The molecule has 0 unspecified atom stereocenters. The van der Waals surface area contributed by atoms with E-state index in [0.717, 1.165) is 51.3 Å². The number of anilines is 1. The van der Waals surface area contributed by atoms with Crippen LogP contribution in [-0.4, -0.2) is 14.8 Å². The quantitative estimate of drug-likeness (QED) is 0.330. The number of carbonyl (C=O) groups is 1. The van der Waals surface area contributed by atoms with Crippen molar-refractivity contribution in [2.75, 3.05) is 4.90 Å². The van der Waals surface area contributed by atoms with E-state index in [1.165, 1.54) is 12.1 Å². The summed E-state index contributed by atoms with van der Waals surface area (Å²) in [5.74, 6) is -0.430. The highest BCUT2D eigenvalue weighted by Crippen LogP contribution is 2.39. The second-order valence-electron chi connectivity index (χ2n) is 7.08. The molecular formula is C23H17F3N2OS2. The summed E-state index contributed by atoms with van der Waals surface area (Å²) in [4.78, 5) is 14.6. The Morgan fingerprint density at radius 1 is 1.00 bits per heavy atom. The second kappa shape index (κ2) is 8.01. The van der Waals surface area contributed by atoms with Crippen LogP contribution in [-0.2, 0) is 11.0 Å². The number of hydrogen-bond donors (Lipinski definition) is 0. The lowest BCUT2D eigenvalue weighted by Gasteiger charge is -2.16. The van der Waals surface area contributed by atoms with Gasteiger partial charge in [-0.25, -0.2) is 0 Å². The first-order valence-corrected chi connectivity index (χ1v) is 10.6. The third kappa shape index (κ3) is 4.05. The SMILES string of the molecule is Cc1cn(-c2ccccc2)c(C)c1/C=C1/SC(=S)N(c2cccc(C(F)(F)F)c2)C1=O. The molecule has 1 aromatic heterocycles. The molecule has 2 heterocycles. The van der Waals surface area contributed by atoms with Gasteiger partial charge in [-0.15, -0.1) is 0 Å². The molecule has 3 aromatic rings. The molecule has 158 valence electrons. The highest BCUT2D eigenvalue weighted by molar-refractivity contribution is 8.27. The van der Waals surface area contributed by atoms with Crippen LogP contribution in [0.2, 0.25) is 0 Å². The van der Waals surface area contributed by atoms with Crippen molar-refractivity contribution in [3.8, 4) is 5.69 Å². The van der Waals surface area contributed by atoms with Crippen LogP contribution in [0.1, 0.15) is 22.4 Å². The first-order valence-electron chi connectivity index (χ1n) is 9.36. The number of rotatable bonds is 3. The number of thioether (sulfide) groups is 1. The van der Waals surface area contributed by atoms with Crippen molar-refractivity contribution in [2.24, 2.45) is 0 Å². The van der Waals surface area contributed by atoms with Crippen LogP contribution >= 0.6 is 24.0 Å². The van der Waals surface area contributed by atoms with Gasteiger partial charge in [0.05, 0.1) is 16.2 Å². The van der Waals surface area contributed by atoms with Crippen molar-refractivity contribution in [1.82, 2.24) is 4.57 Å². The monoisotopic (exact) mass is 458 g/mol. The Bertz CT molecular complexity index is 1210. The zero-order valence-electron chi connectivity index (χ0n) is 16.6. The van der Waals surface area contributed by atoms with Gasteiger partial charge in [0.25, 0.3) is 5.91 Å². The summed E-state index contributed by atoms with van der Waals surface area (Å²) in [5.41, 5.74) is 3.09. The number of nitrogens with zero attached hydrogens (tertiary/aromatic N) is 2. The third-order valence-corrected chi connectivity index (χ3v) is 6.34. The molecule has 2 aromatic carbocycles. The van der Waals surface area contributed by atoms with Gasteiger partial charge in [0, 0.05) is 17.6 Å². The Morgan fingerprint density at radius 2 is 1.68 bits per heavy atom. The summed E-state index contributed by atoms with van der Waals surface area (Å²) in [6.07, 6.45) is -0.748. The van der Waals surface area contributed by atoms with E-state index in [2.05, 4.69) is 0 Å². The summed E-state index contributed by atoms with van der Waals surface area (Å²) in [7, 11) is 0. The normalized spacial score (nSPS) is 15.9. The molecule has 3 nitrogen and oxygen atoms in total. The molecule has 0 atom stereocenters. The first-order chi connectivity index (χ1) is 14.7. The summed E-state index contributed by atoms with van der Waals surface area (Å²) in [6.45, 7) is 3.91. The predicted octanol–water partition coefficient (Wildman–Crippen LogP) is 6.52.